The van der Waals surface area contributed by atoms with Crippen LogP contribution in [0.3, 0.4) is 0 Å². The van der Waals surface area contributed by atoms with Crippen molar-refractivity contribution in [3.05, 3.63) is 120 Å². The van der Waals surface area contributed by atoms with Crippen molar-refractivity contribution in [2.75, 3.05) is 32.1 Å². The number of nitrogens with zero attached hydrogens (tertiary/aromatic N) is 2. The topological polar surface area (TPSA) is 105 Å². The van der Waals surface area contributed by atoms with Crippen LogP contribution in [-0.4, -0.2) is 59.0 Å². The summed E-state index contributed by atoms with van der Waals surface area (Å²) in [5.74, 6) is 0.206. The molecule has 44 heavy (non-hydrogen) atoms. The highest BCUT2D eigenvalue weighted by Crippen LogP contribution is 2.27. The van der Waals surface area contributed by atoms with Crippen molar-refractivity contribution in [3.8, 4) is 11.5 Å². The fraction of sp³-hybridized carbons (Fsp3) is 0.235. The van der Waals surface area contributed by atoms with Crippen LogP contribution in [0, 0.1) is 6.92 Å². The summed E-state index contributed by atoms with van der Waals surface area (Å²) in [5.41, 5.74) is 2.75. The minimum absolute atomic E-state index is 0.0400. The molecular weight excluding hydrogens is 578 g/mol. The van der Waals surface area contributed by atoms with Gasteiger partial charge in [-0.05, 0) is 66.6 Å². The first-order chi connectivity index (χ1) is 21.2. The monoisotopic (exact) mass is 615 g/mol. The molecule has 4 aromatic rings. The largest absolute Gasteiger partial charge is 0.497 e. The Bertz CT molecular complexity index is 1660. The summed E-state index contributed by atoms with van der Waals surface area (Å²) in [6.07, 6.45) is 0.226. The van der Waals surface area contributed by atoms with E-state index in [1.807, 2.05) is 43.3 Å². The molecule has 0 saturated carbocycles. The SMILES string of the molecule is CNC(=O)[C@@H](Cc1ccccc1)N(Cc1cccc(OC)c1)C(=O)CN(c1ccc(OC)cc1)S(=O)(=O)c1ccc(C)cc1. The van der Waals surface area contributed by atoms with Gasteiger partial charge in [-0.15, -0.1) is 0 Å². The minimum Gasteiger partial charge on any atom is -0.497 e. The van der Waals surface area contributed by atoms with Crippen LogP contribution >= 0.6 is 0 Å². The maximum Gasteiger partial charge on any atom is 0.264 e. The fourth-order valence-electron chi connectivity index (χ4n) is 4.80. The second-order valence-corrected chi connectivity index (χ2v) is 12.1. The molecule has 0 aromatic heterocycles. The van der Waals surface area contributed by atoms with Crippen molar-refractivity contribution >= 4 is 27.5 Å². The van der Waals surface area contributed by atoms with E-state index in [1.54, 1.807) is 61.7 Å². The molecule has 10 heteroatoms. The van der Waals surface area contributed by atoms with Gasteiger partial charge in [0.1, 0.15) is 24.1 Å². The molecule has 9 nitrogen and oxygen atoms in total. The van der Waals surface area contributed by atoms with Gasteiger partial charge in [0.15, 0.2) is 0 Å². The summed E-state index contributed by atoms with van der Waals surface area (Å²) in [5, 5.41) is 2.68. The number of carbonyl (C=O) groups excluding carboxylic acids is 2. The van der Waals surface area contributed by atoms with Crippen molar-refractivity contribution in [1.29, 1.82) is 0 Å². The molecule has 4 aromatic carbocycles. The second-order valence-electron chi connectivity index (χ2n) is 10.2. The van der Waals surface area contributed by atoms with Gasteiger partial charge < -0.3 is 19.7 Å². The number of likely N-dealkylation sites (N-methyl/N-ethyl adjacent to an activating group) is 1. The van der Waals surface area contributed by atoms with Crippen LogP contribution in [0.15, 0.2) is 108 Å². The number of sulfonamides is 1. The van der Waals surface area contributed by atoms with Crippen molar-refractivity contribution < 1.29 is 27.5 Å². The predicted molar refractivity (Wildman–Crippen MR) is 170 cm³/mol. The third kappa shape index (κ3) is 7.76. The van der Waals surface area contributed by atoms with Crippen LogP contribution in [0.25, 0.3) is 0 Å². The summed E-state index contributed by atoms with van der Waals surface area (Å²) in [7, 11) is 0.390. The Kier molecular flexibility index (Phi) is 10.6. The third-order valence-corrected chi connectivity index (χ3v) is 9.04. The Morgan fingerprint density at radius 1 is 0.795 bits per heavy atom. The first-order valence-electron chi connectivity index (χ1n) is 14.1. The van der Waals surface area contributed by atoms with Gasteiger partial charge in [0.05, 0.1) is 24.8 Å². The van der Waals surface area contributed by atoms with Gasteiger partial charge in [0, 0.05) is 20.0 Å². The van der Waals surface area contributed by atoms with Crippen LogP contribution < -0.4 is 19.1 Å². The Labute approximate surface area is 259 Å². The van der Waals surface area contributed by atoms with E-state index in [4.69, 9.17) is 9.47 Å². The maximum atomic E-state index is 14.4. The number of hydrogen-bond donors (Lipinski definition) is 1. The lowest BCUT2D eigenvalue weighted by molar-refractivity contribution is -0.139. The van der Waals surface area contributed by atoms with Crippen LogP contribution in [0.2, 0.25) is 0 Å². The molecular formula is C34H37N3O6S. The molecule has 1 N–H and O–H groups in total. The minimum atomic E-state index is -4.19. The quantitative estimate of drug-likeness (QED) is 0.236. The molecule has 0 fully saturated rings. The zero-order valence-electron chi connectivity index (χ0n) is 25.3. The van der Waals surface area contributed by atoms with Crippen molar-refractivity contribution in [1.82, 2.24) is 10.2 Å². The zero-order valence-corrected chi connectivity index (χ0v) is 26.1. The number of nitrogens with one attached hydrogen (secondary N) is 1. The van der Waals surface area contributed by atoms with Crippen LogP contribution in [0.1, 0.15) is 16.7 Å². The Balaban J connectivity index is 1.79. The predicted octanol–water partition coefficient (Wildman–Crippen LogP) is 4.59. The lowest BCUT2D eigenvalue weighted by atomic mass is 10.0. The Morgan fingerprint density at radius 3 is 2.05 bits per heavy atom. The molecule has 0 unspecified atom stereocenters. The first-order valence-corrected chi connectivity index (χ1v) is 15.5. The summed E-state index contributed by atoms with van der Waals surface area (Å²) < 4.78 is 39.9. The van der Waals surface area contributed by atoms with Gasteiger partial charge in [0.25, 0.3) is 10.0 Å². The second kappa shape index (κ2) is 14.6. The van der Waals surface area contributed by atoms with Crippen LogP contribution in [0.4, 0.5) is 5.69 Å². The van der Waals surface area contributed by atoms with E-state index in [9.17, 15) is 18.0 Å². The standard InChI is InChI=1S/C34H37N3O6S/c1-25-13-19-31(20-14-25)44(40,41)37(28-15-17-29(42-3)18-16-28)24-33(38)36(23-27-11-8-12-30(21-27)43-4)32(34(39)35-2)22-26-9-6-5-7-10-26/h5-21,32H,22-24H2,1-4H3,(H,35,39)/t32-/m1/s1. The molecule has 230 valence electrons. The van der Waals surface area contributed by atoms with Gasteiger partial charge in [-0.1, -0.05) is 60.2 Å². The van der Waals surface area contributed by atoms with Gasteiger partial charge in [0.2, 0.25) is 11.8 Å². The van der Waals surface area contributed by atoms with Gasteiger partial charge in [-0.2, -0.15) is 0 Å². The smallest absolute Gasteiger partial charge is 0.264 e. The number of amides is 2. The molecule has 1 atom stereocenters. The average molecular weight is 616 g/mol. The van der Waals surface area contributed by atoms with E-state index in [-0.39, 0.29) is 29.5 Å². The van der Waals surface area contributed by atoms with E-state index in [2.05, 4.69) is 5.32 Å². The molecule has 2 amide bonds. The summed E-state index contributed by atoms with van der Waals surface area (Å²) >= 11 is 0. The maximum absolute atomic E-state index is 14.4. The molecule has 4 rings (SSSR count). The number of methoxy groups -OCH3 is 2. The van der Waals surface area contributed by atoms with Gasteiger partial charge >= 0.3 is 0 Å². The molecule has 0 aliphatic carbocycles. The Hall–Kier alpha value is -4.83. The molecule has 0 aliphatic heterocycles. The molecule has 0 radical (unpaired) electrons. The highest BCUT2D eigenvalue weighted by atomic mass is 32.2. The summed E-state index contributed by atoms with van der Waals surface area (Å²) in [6.45, 7) is 1.36. The van der Waals surface area contributed by atoms with E-state index >= 15 is 0 Å². The summed E-state index contributed by atoms with van der Waals surface area (Å²) in [6, 6.07) is 28.5. The first kappa shape index (κ1) is 32.1. The lowest BCUT2D eigenvalue weighted by Crippen LogP contribution is -2.53. The fourth-order valence-corrected chi connectivity index (χ4v) is 6.22. The zero-order chi connectivity index (χ0) is 31.7. The van der Waals surface area contributed by atoms with E-state index in [0.717, 1.165) is 21.0 Å². The number of ether oxygens (including phenoxy) is 2. The van der Waals surface area contributed by atoms with Gasteiger partial charge in [-0.3, -0.25) is 13.9 Å². The number of carbonyl (C=O) groups is 2. The van der Waals surface area contributed by atoms with E-state index < -0.39 is 28.5 Å². The molecule has 0 aliphatic rings. The summed E-state index contributed by atoms with van der Waals surface area (Å²) in [4.78, 5) is 29.2. The number of benzene rings is 4. The third-order valence-electron chi connectivity index (χ3n) is 7.25. The van der Waals surface area contributed by atoms with Crippen molar-refractivity contribution in [2.24, 2.45) is 0 Å². The number of hydrogen-bond acceptors (Lipinski definition) is 6. The van der Waals surface area contributed by atoms with Gasteiger partial charge in [-0.25, -0.2) is 8.42 Å². The van der Waals surface area contributed by atoms with Crippen molar-refractivity contribution in [3.63, 3.8) is 0 Å². The number of rotatable bonds is 13. The Morgan fingerprint density at radius 2 is 1.43 bits per heavy atom. The lowest BCUT2D eigenvalue weighted by Gasteiger charge is -2.33. The molecule has 0 spiro atoms. The number of anilines is 1. The molecule has 0 saturated heterocycles. The molecule has 0 heterocycles. The normalized spacial score (nSPS) is 11.7. The van der Waals surface area contributed by atoms with E-state index in [1.165, 1.54) is 31.2 Å². The average Bonchev–Trinajstić information content (AvgIpc) is 3.05. The van der Waals surface area contributed by atoms with Crippen LogP contribution in [-0.2, 0) is 32.6 Å². The number of aryl methyl sites for hydroxylation is 1. The highest BCUT2D eigenvalue weighted by Gasteiger charge is 2.34. The van der Waals surface area contributed by atoms with E-state index in [0.29, 0.717) is 11.5 Å². The molecule has 0 bridgehead atoms. The van der Waals surface area contributed by atoms with Crippen LogP contribution in [0.5, 0.6) is 11.5 Å². The highest BCUT2D eigenvalue weighted by molar-refractivity contribution is 7.92. The van der Waals surface area contributed by atoms with Crippen molar-refractivity contribution in [2.45, 2.75) is 30.8 Å².